The Morgan fingerprint density at radius 3 is 2.47 bits per heavy atom. The number of hydrogen-bond acceptors (Lipinski definition) is 3. The average Bonchev–Trinajstić information content (AvgIpc) is 2.84. The highest BCUT2D eigenvalue weighted by Crippen LogP contribution is 2.67. The van der Waals surface area contributed by atoms with Gasteiger partial charge in [0, 0.05) is 21.1 Å². The van der Waals surface area contributed by atoms with E-state index < -0.39 is 0 Å². The van der Waals surface area contributed by atoms with Gasteiger partial charge < -0.3 is 0 Å². The maximum atomic E-state index is 2.47. The molecule has 2 heterocycles. The molecule has 0 radical (unpaired) electrons. The molecule has 3 unspecified atom stereocenters. The molecule has 0 bridgehead atoms. The zero-order valence-electron chi connectivity index (χ0n) is 11.3. The summed E-state index contributed by atoms with van der Waals surface area (Å²) in [7, 11) is 0. The molecule has 0 aromatic heterocycles. The Hall–Kier alpha value is 0.270. The van der Waals surface area contributed by atoms with Crippen molar-refractivity contribution in [1.82, 2.24) is 0 Å². The van der Waals surface area contributed by atoms with Gasteiger partial charge in [0.05, 0.1) is 4.08 Å². The molecule has 0 amide bonds. The second-order valence-corrected chi connectivity index (χ2v) is 10.3. The maximum Gasteiger partial charge on any atom is 0.0910 e. The molecule has 1 aromatic rings. The van der Waals surface area contributed by atoms with Crippen LogP contribution in [0.2, 0.25) is 0 Å². The van der Waals surface area contributed by atoms with E-state index in [4.69, 9.17) is 0 Å². The highest BCUT2D eigenvalue weighted by Gasteiger charge is 2.53. The maximum absolute atomic E-state index is 2.47. The Kier molecular flexibility index (Phi) is 3.36. The summed E-state index contributed by atoms with van der Waals surface area (Å²) in [5.74, 6) is 2.07. The van der Waals surface area contributed by atoms with E-state index in [1.807, 2.05) is 0 Å². The topological polar surface area (TPSA) is 0 Å². The molecule has 3 aliphatic rings. The third-order valence-corrected chi connectivity index (χ3v) is 10.5. The molecule has 0 nitrogen and oxygen atoms in total. The summed E-state index contributed by atoms with van der Waals surface area (Å²) in [5, 5.41) is 1.83. The monoisotopic (exact) mass is 308 g/mol. The third-order valence-electron chi connectivity index (χ3n) is 4.69. The van der Waals surface area contributed by atoms with Crippen LogP contribution in [0.5, 0.6) is 0 Å². The van der Waals surface area contributed by atoms with Gasteiger partial charge in [-0.2, -0.15) is 0 Å². The zero-order chi connectivity index (χ0) is 12.9. The average molecular weight is 309 g/mol. The molecule has 3 heteroatoms. The van der Waals surface area contributed by atoms with Crippen molar-refractivity contribution >= 4 is 35.3 Å². The van der Waals surface area contributed by atoms with E-state index >= 15 is 0 Å². The van der Waals surface area contributed by atoms with E-state index in [0.717, 1.165) is 16.4 Å². The Balaban J connectivity index is 1.77. The SMILES string of the molecule is CC1CSc2ccccc2C12SC1CCCCC1S2. The first-order valence-electron chi connectivity index (χ1n) is 7.37. The van der Waals surface area contributed by atoms with Crippen LogP contribution in [0.15, 0.2) is 29.2 Å². The molecule has 19 heavy (non-hydrogen) atoms. The van der Waals surface area contributed by atoms with Crippen molar-refractivity contribution in [3.8, 4) is 0 Å². The van der Waals surface area contributed by atoms with Crippen LogP contribution in [0.3, 0.4) is 0 Å². The molecule has 1 spiro atoms. The quantitative estimate of drug-likeness (QED) is 0.632. The van der Waals surface area contributed by atoms with Gasteiger partial charge in [0.2, 0.25) is 0 Å². The van der Waals surface area contributed by atoms with Crippen LogP contribution in [-0.2, 0) is 4.08 Å². The standard InChI is InChI=1S/C16H20S3/c1-11-10-17-13-7-3-2-6-12(13)16(11)18-14-8-4-5-9-15(14)19-16/h2-3,6-7,11,14-15H,4-5,8-10H2,1H3. The first kappa shape index (κ1) is 13.0. The summed E-state index contributed by atoms with van der Waals surface area (Å²) in [6, 6.07) is 9.17. The van der Waals surface area contributed by atoms with Crippen molar-refractivity contribution in [2.45, 2.75) is 52.1 Å². The molecule has 2 aliphatic heterocycles. The second kappa shape index (κ2) is 4.92. The highest BCUT2D eigenvalue weighted by molar-refractivity contribution is 8.21. The predicted molar refractivity (Wildman–Crippen MR) is 89.2 cm³/mol. The van der Waals surface area contributed by atoms with E-state index in [2.05, 4.69) is 66.5 Å². The first-order valence-corrected chi connectivity index (χ1v) is 10.1. The van der Waals surface area contributed by atoms with Crippen LogP contribution in [0, 0.1) is 5.92 Å². The second-order valence-electron chi connectivity index (χ2n) is 5.97. The van der Waals surface area contributed by atoms with Crippen LogP contribution in [0.1, 0.15) is 38.2 Å². The van der Waals surface area contributed by atoms with Crippen LogP contribution in [0.25, 0.3) is 0 Å². The molecule has 3 atom stereocenters. The lowest BCUT2D eigenvalue weighted by Gasteiger charge is -2.39. The molecule has 0 N–H and O–H groups in total. The summed E-state index contributed by atoms with van der Waals surface area (Å²) in [6.07, 6.45) is 5.81. The Bertz CT molecular complexity index is 471. The number of thioether (sulfide) groups is 3. The summed E-state index contributed by atoms with van der Waals surface area (Å²) >= 11 is 6.70. The molecule has 1 saturated carbocycles. The van der Waals surface area contributed by atoms with Crippen molar-refractivity contribution in [1.29, 1.82) is 0 Å². The normalized spacial score (nSPS) is 41.0. The van der Waals surface area contributed by atoms with E-state index in [1.165, 1.54) is 31.4 Å². The van der Waals surface area contributed by atoms with Gasteiger partial charge in [-0.1, -0.05) is 38.0 Å². The number of fused-ring (bicyclic) bond motifs is 3. The van der Waals surface area contributed by atoms with Crippen LogP contribution in [0.4, 0.5) is 0 Å². The molecule has 1 aromatic carbocycles. The Morgan fingerprint density at radius 2 is 1.74 bits per heavy atom. The number of benzene rings is 1. The van der Waals surface area contributed by atoms with Crippen molar-refractivity contribution in [3.05, 3.63) is 29.8 Å². The molecular weight excluding hydrogens is 288 g/mol. The Morgan fingerprint density at radius 1 is 1.05 bits per heavy atom. The fraction of sp³-hybridized carbons (Fsp3) is 0.625. The summed E-state index contributed by atoms with van der Waals surface area (Å²) in [6.45, 7) is 2.47. The van der Waals surface area contributed by atoms with Gasteiger partial charge in [0.25, 0.3) is 0 Å². The van der Waals surface area contributed by atoms with Gasteiger partial charge >= 0.3 is 0 Å². The number of rotatable bonds is 0. The van der Waals surface area contributed by atoms with Crippen LogP contribution in [-0.4, -0.2) is 16.3 Å². The van der Waals surface area contributed by atoms with E-state index in [1.54, 1.807) is 10.5 Å². The fourth-order valence-electron chi connectivity index (χ4n) is 3.64. The van der Waals surface area contributed by atoms with Crippen LogP contribution >= 0.6 is 35.3 Å². The minimum Gasteiger partial charge on any atom is -0.134 e. The summed E-state index contributed by atoms with van der Waals surface area (Å²) in [5.41, 5.74) is 1.63. The molecule has 102 valence electrons. The van der Waals surface area contributed by atoms with Gasteiger partial charge in [-0.15, -0.1) is 35.3 Å². The molecule has 1 saturated heterocycles. The smallest absolute Gasteiger partial charge is 0.0910 e. The van der Waals surface area contributed by atoms with E-state index in [0.29, 0.717) is 4.08 Å². The molecule has 4 rings (SSSR count). The van der Waals surface area contributed by atoms with Crippen molar-refractivity contribution in [3.63, 3.8) is 0 Å². The minimum atomic E-state index is 0.363. The largest absolute Gasteiger partial charge is 0.134 e. The van der Waals surface area contributed by atoms with Crippen molar-refractivity contribution < 1.29 is 0 Å². The predicted octanol–water partition coefficient (Wildman–Crippen LogP) is 5.37. The van der Waals surface area contributed by atoms with E-state index in [9.17, 15) is 0 Å². The fourth-order valence-corrected chi connectivity index (χ4v) is 9.80. The van der Waals surface area contributed by atoms with Gasteiger partial charge in [-0.3, -0.25) is 0 Å². The van der Waals surface area contributed by atoms with Crippen molar-refractivity contribution in [2.24, 2.45) is 5.92 Å². The first-order chi connectivity index (χ1) is 9.29. The van der Waals surface area contributed by atoms with E-state index in [-0.39, 0.29) is 0 Å². The highest BCUT2D eigenvalue weighted by atomic mass is 32.2. The lowest BCUT2D eigenvalue weighted by Crippen LogP contribution is -2.30. The molecule has 1 aliphatic carbocycles. The van der Waals surface area contributed by atoms with Gasteiger partial charge in [0.1, 0.15) is 0 Å². The number of hydrogen-bond donors (Lipinski definition) is 0. The van der Waals surface area contributed by atoms with Crippen molar-refractivity contribution in [2.75, 3.05) is 5.75 Å². The zero-order valence-corrected chi connectivity index (χ0v) is 13.8. The third kappa shape index (κ3) is 1.99. The van der Waals surface area contributed by atoms with Crippen LogP contribution < -0.4 is 0 Å². The summed E-state index contributed by atoms with van der Waals surface area (Å²) in [4.78, 5) is 1.54. The minimum absolute atomic E-state index is 0.363. The lowest BCUT2D eigenvalue weighted by molar-refractivity contribution is 0.532. The van der Waals surface area contributed by atoms with Gasteiger partial charge in [0.15, 0.2) is 0 Å². The Labute approximate surface area is 128 Å². The lowest BCUT2D eigenvalue weighted by atomic mass is 10.00. The van der Waals surface area contributed by atoms with Gasteiger partial charge in [-0.05, 0) is 30.4 Å². The molecular formula is C16H20S3. The molecule has 2 fully saturated rings. The summed E-state index contributed by atoms with van der Waals surface area (Å²) < 4.78 is 0.363. The van der Waals surface area contributed by atoms with Gasteiger partial charge in [-0.25, -0.2) is 0 Å².